The molecule has 0 aromatic heterocycles. The topological polar surface area (TPSA) is 20.2 Å². The van der Waals surface area contributed by atoms with Crippen LogP contribution in [0.25, 0.3) is 0 Å². The molecule has 1 N–H and O–H groups in total. The van der Waals surface area contributed by atoms with Gasteiger partial charge in [-0.15, -0.1) is 6.58 Å². The van der Waals surface area contributed by atoms with Gasteiger partial charge in [-0.05, 0) is 26.2 Å². The molecule has 0 bridgehead atoms. The predicted octanol–water partition coefficient (Wildman–Crippen LogP) is 3.28. The third-order valence-corrected chi connectivity index (χ3v) is 2.03. The largest absolute Gasteiger partial charge is 0.393 e. The highest BCUT2D eigenvalue weighted by Gasteiger charge is 1.94. The van der Waals surface area contributed by atoms with Gasteiger partial charge in [-0.25, -0.2) is 0 Å². The quantitative estimate of drug-likeness (QED) is 0.438. The third-order valence-electron chi connectivity index (χ3n) is 2.03. The molecule has 0 aromatic rings. The monoisotopic (exact) mass is 170 g/mol. The van der Waals surface area contributed by atoms with Crippen molar-refractivity contribution in [2.75, 3.05) is 0 Å². The number of aliphatic hydroxyl groups excluding tert-OH is 1. The third kappa shape index (κ3) is 9.70. The van der Waals surface area contributed by atoms with E-state index in [2.05, 4.69) is 6.58 Å². The summed E-state index contributed by atoms with van der Waals surface area (Å²) in [5, 5.41) is 8.98. The van der Waals surface area contributed by atoms with Gasteiger partial charge in [-0.3, -0.25) is 0 Å². The number of hydrogen-bond acceptors (Lipinski definition) is 1. The maximum atomic E-state index is 8.98. The molecule has 0 radical (unpaired) electrons. The Kier molecular flexibility index (Phi) is 8.57. The summed E-state index contributed by atoms with van der Waals surface area (Å²) in [4.78, 5) is 0. The van der Waals surface area contributed by atoms with E-state index in [-0.39, 0.29) is 6.10 Å². The minimum Gasteiger partial charge on any atom is -0.393 e. The molecule has 0 unspecified atom stereocenters. The average molecular weight is 170 g/mol. The van der Waals surface area contributed by atoms with Crippen LogP contribution in [0.2, 0.25) is 0 Å². The normalized spacial score (nSPS) is 12.8. The molecule has 0 amide bonds. The minimum atomic E-state index is -0.113. The molecule has 12 heavy (non-hydrogen) atoms. The first-order valence-electron chi connectivity index (χ1n) is 5.06. The van der Waals surface area contributed by atoms with Gasteiger partial charge in [0.25, 0.3) is 0 Å². The first-order chi connectivity index (χ1) is 5.77. The molecule has 0 fully saturated rings. The summed E-state index contributed by atoms with van der Waals surface area (Å²) in [5.74, 6) is 0. The first kappa shape index (κ1) is 11.7. The van der Waals surface area contributed by atoms with Crippen molar-refractivity contribution >= 4 is 0 Å². The lowest BCUT2D eigenvalue weighted by Crippen LogP contribution is -1.98. The van der Waals surface area contributed by atoms with E-state index in [1.165, 1.54) is 32.1 Å². The number of aliphatic hydroxyl groups is 1. The van der Waals surface area contributed by atoms with Crippen LogP contribution in [-0.2, 0) is 0 Å². The predicted molar refractivity (Wildman–Crippen MR) is 54.2 cm³/mol. The van der Waals surface area contributed by atoms with Crippen LogP contribution in [0.4, 0.5) is 0 Å². The summed E-state index contributed by atoms with van der Waals surface area (Å²) in [7, 11) is 0. The van der Waals surface area contributed by atoms with E-state index in [0.717, 1.165) is 12.8 Å². The van der Waals surface area contributed by atoms with Gasteiger partial charge in [-0.2, -0.15) is 0 Å². The van der Waals surface area contributed by atoms with Gasteiger partial charge < -0.3 is 5.11 Å². The Bertz CT molecular complexity index is 97.2. The Balaban J connectivity index is 2.86. The molecule has 0 saturated carbocycles. The second-order valence-corrected chi connectivity index (χ2v) is 3.48. The molecule has 0 saturated heterocycles. The molecule has 0 aliphatic rings. The van der Waals surface area contributed by atoms with Crippen molar-refractivity contribution in [3.8, 4) is 0 Å². The number of rotatable bonds is 8. The molecule has 1 atom stereocenters. The van der Waals surface area contributed by atoms with Crippen LogP contribution in [0.5, 0.6) is 0 Å². The zero-order valence-electron chi connectivity index (χ0n) is 8.26. The SMILES string of the molecule is C=CCCCCCCC[C@H](C)O. The molecule has 0 rings (SSSR count). The zero-order chi connectivity index (χ0) is 9.23. The van der Waals surface area contributed by atoms with Gasteiger partial charge in [-0.1, -0.05) is 31.8 Å². The molecule has 72 valence electrons. The fourth-order valence-corrected chi connectivity index (χ4v) is 1.26. The number of allylic oxidation sites excluding steroid dienone is 1. The van der Waals surface area contributed by atoms with Crippen molar-refractivity contribution in [2.24, 2.45) is 0 Å². The summed E-state index contributed by atoms with van der Waals surface area (Å²) >= 11 is 0. The number of hydrogen-bond donors (Lipinski definition) is 1. The summed E-state index contributed by atoms with van der Waals surface area (Å²) in [6.07, 6.45) is 10.3. The van der Waals surface area contributed by atoms with Crippen molar-refractivity contribution in [3.05, 3.63) is 12.7 Å². The second kappa shape index (κ2) is 8.79. The summed E-state index contributed by atoms with van der Waals surface area (Å²) in [6, 6.07) is 0. The minimum absolute atomic E-state index is 0.113. The highest BCUT2D eigenvalue weighted by molar-refractivity contribution is 4.65. The Hall–Kier alpha value is -0.300. The van der Waals surface area contributed by atoms with Gasteiger partial charge >= 0.3 is 0 Å². The van der Waals surface area contributed by atoms with Crippen LogP contribution in [0, 0.1) is 0 Å². The Morgan fingerprint density at radius 3 is 2.33 bits per heavy atom. The van der Waals surface area contributed by atoms with E-state index in [1.54, 1.807) is 0 Å². The smallest absolute Gasteiger partial charge is 0.0512 e. The van der Waals surface area contributed by atoms with Crippen molar-refractivity contribution in [2.45, 2.75) is 58.0 Å². The van der Waals surface area contributed by atoms with Crippen molar-refractivity contribution in [1.82, 2.24) is 0 Å². The molecule has 1 heteroatoms. The van der Waals surface area contributed by atoms with Gasteiger partial charge in [0.05, 0.1) is 6.10 Å². The molecule has 1 nitrogen and oxygen atoms in total. The van der Waals surface area contributed by atoms with E-state index >= 15 is 0 Å². The van der Waals surface area contributed by atoms with Crippen molar-refractivity contribution in [3.63, 3.8) is 0 Å². The number of unbranched alkanes of at least 4 members (excludes halogenated alkanes) is 5. The molecule has 0 heterocycles. The van der Waals surface area contributed by atoms with E-state index in [1.807, 2.05) is 13.0 Å². The maximum absolute atomic E-state index is 8.98. The molecular formula is C11H22O. The lowest BCUT2D eigenvalue weighted by atomic mass is 10.1. The van der Waals surface area contributed by atoms with Crippen LogP contribution in [0.3, 0.4) is 0 Å². The summed E-state index contributed by atoms with van der Waals surface area (Å²) < 4.78 is 0. The molecule has 0 aliphatic heterocycles. The van der Waals surface area contributed by atoms with Gasteiger partial charge in [0, 0.05) is 0 Å². The van der Waals surface area contributed by atoms with E-state index < -0.39 is 0 Å². The van der Waals surface area contributed by atoms with Crippen LogP contribution in [0.1, 0.15) is 51.9 Å². The highest BCUT2D eigenvalue weighted by Crippen LogP contribution is 2.08. The van der Waals surface area contributed by atoms with E-state index in [9.17, 15) is 0 Å². The fourth-order valence-electron chi connectivity index (χ4n) is 1.26. The van der Waals surface area contributed by atoms with Crippen LogP contribution >= 0.6 is 0 Å². The summed E-state index contributed by atoms with van der Waals surface area (Å²) in [6.45, 7) is 5.54. The Labute approximate surface area is 76.5 Å². The van der Waals surface area contributed by atoms with Gasteiger partial charge in [0.15, 0.2) is 0 Å². The maximum Gasteiger partial charge on any atom is 0.0512 e. The lowest BCUT2D eigenvalue weighted by Gasteiger charge is -2.02. The summed E-state index contributed by atoms with van der Waals surface area (Å²) in [5.41, 5.74) is 0. The van der Waals surface area contributed by atoms with E-state index in [4.69, 9.17) is 5.11 Å². The molecular weight excluding hydrogens is 148 g/mol. The molecule has 0 spiro atoms. The Morgan fingerprint density at radius 1 is 1.17 bits per heavy atom. The average Bonchev–Trinajstić information content (AvgIpc) is 2.02. The van der Waals surface area contributed by atoms with Crippen molar-refractivity contribution < 1.29 is 5.11 Å². The standard InChI is InChI=1S/C11H22O/c1-3-4-5-6-7-8-9-10-11(2)12/h3,11-12H,1,4-10H2,2H3/t11-/m0/s1. The fraction of sp³-hybridized carbons (Fsp3) is 0.818. The molecule has 0 aromatic carbocycles. The zero-order valence-corrected chi connectivity index (χ0v) is 8.26. The van der Waals surface area contributed by atoms with Crippen molar-refractivity contribution in [1.29, 1.82) is 0 Å². The Morgan fingerprint density at radius 2 is 1.75 bits per heavy atom. The van der Waals surface area contributed by atoms with Crippen LogP contribution in [0.15, 0.2) is 12.7 Å². The second-order valence-electron chi connectivity index (χ2n) is 3.48. The first-order valence-corrected chi connectivity index (χ1v) is 5.06. The van der Waals surface area contributed by atoms with Gasteiger partial charge in [0.1, 0.15) is 0 Å². The van der Waals surface area contributed by atoms with Gasteiger partial charge in [0.2, 0.25) is 0 Å². The van der Waals surface area contributed by atoms with Crippen LogP contribution < -0.4 is 0 Å². The van der Waals surface area contributed by atoms with E-state index in [0.29, 0.717) is 0 Å². The highest BCUT2D eigenvalue weighted by atomic mass is 16.3. The molecule has 0 aliphatic carbocycles. The lowest BCUT2D eigenvalue weighted by molar-refractivity contribution is 0.180. The van der Waals surface area contributed by atoms with Crippen LogP contribution in [-0.4, -0.2) is 11.2 Å².